The molecule has 1 aliphatic heterocycles. The van der Waals surface area contributed by atoms with Gasteiger partial charge >= 0.3 is 6.03 Å². The van der Waals surface area contributed by atoms with E-state index >= 15 is 0 Å². The summed E-state index contributed by atoms with van der Waals surface area (Å²) in [5.74, 6) is 0.207. The molecule has 0 aliphatic carbocycles. The molecule has 142 valence electrons. The highest BCUT2D eigenvalue weighted by molar-refractivity contribution is 6.34. The van der Waals surface area contributed by atoms with E-state index in [2.05, 4.69) is 20.9 Å². The Morgan fingerprint density at radius 2 is 2.00 bits per heavy atom. The van der Waals surface area contributed by atoms with E-state index in [-0.39, 0.29) is 25.5 Å². The van der Waals surface area contributed by atoms with Crippen molar-refractivity contribution >= 4 is 41.1 Å². The molecule has 1 saturated heterocycles. The maximum absolute atomic E-state index is 11.5. The highest BCUT2D eigenvalue weighted by Crippen LogP contribution is 2.23. The molecule has 0 spiro atoms. The summed E-state index contributed by atoms with van der Waals surface area (Å²) in [7, 11) is 0. The molecule has 1 aromatic rings. The molecule has 1 atom stereocenters. The summed E-state index contributed by atoms with van der Waals surface area (Å²) in [6.07, 6.45) is -0.868. The van der Waals surface area contributed by atoms with Crippen molar-refractivity contribution in [3.63, 3.8) is 0 Å². The van der Waals surface area contributed by atoms with Crippen molar-refractivity contribution in [3.8, 4) is 0 Å². The number of aliphatic hydroxyl groups excluding tert-OH is 1. The van der Waals surface area contributed by atoms with Crippen molar-refractivity contribution in [1.29, 1.82) is 0 Å². The van der Waals surface area contributed by atoms with Crippen LogP contribution in [0.4, 0.5) is 4.79 Å². The number of hydrogen-bond donors (Lipinski definition) is 4. The van der Waals surface area contributed by atoms with Gasteiger partial charge < -0.3 is 21.1 Å². The molecular formula is C16H21Cl2N5O3. The predicted molar refractivity (Wildman–Crippen MR) is 101 cm³/mol. The Morgan fingerprint density at radius 3 is 2.58 bits per heavy atom. The predicted octanol–water partition coefficient (Wildman–Crippen LogP) is 1.13. The molecule has 1 heterocycles. The summed E-state index contributed by atoms with van der Waals surface area (Å²) < 4.78 is 0. The van der Waals surface area contributed by atoms with Crippen LogP contribution in [0.15, 0.2) is 23.2 Å². The molecule has 4 N–H and O–H groups in total. The van der Waals surface area contributed by atoms with E-state index in [0.29, 0.717) is 34.7 Å². The standard InChI is InChI=1S/C16H21Cl2N5O3/c1-2-19-15(20-3-4-23-14(25)9-22-16(23)26)21-8-13(24)10-5-11(17)7-12(18)6-10/h5-7,13,24H,2-4,8-9H2,1H3,(H,22,26)(H2,19,20,21). The van der Waals surface area contributed by atoms with Crippen LogP contribution in [-0.4, -0.2) is 60.6 Å². The molecule has 1 aliphatic rings. The zero-order valence-electron chi connectivity index (χ0n) is 14.3. The van der Waals surface area contributed by atoms with E-state index in [1.807, 2.05) is 6.92 Å². The number of hydrogen-bond acceptors (Lipinski definition) is 4. The third kappa shape index (κ3) is 5.76. The van der Waals surface area contributed by atoms with E-state index in [0.717, 1.165) is 4.90 Å². The number of guanidine groups is 1. The minimum atomic E-state index is -0.868. The quantitative estimate of drug-likeness (QED) is 0.311. The van der Waals surface area contributed by atoms with Gasteiger partial charge in [-0.05, 0) is 30.7 Å². The second kappa shape index (κ2) is 9.61. The topological polar surface area (TPSA) is 106 Å². The van der Waals surface area contributed by atoms with Gasteiger partial charge in [-0.3, -0.25) is 14.7 Å². The second-order valence-electron chi connectivity index (χ2n) is 5.57. The van der Waals surface area contributed by atoms with Crippen LogP contribution in [0.3, 0.4) is 0 Å². The molecule has 1 aromatic carbocycles. The zero-order chi connectivity index (χ0) is 19.1. The monoisotopic (exact) mass is 401 g/mol. The van der Waals surface area contributed by atoms with Gasteiger partial charge in [0, 0.05) is 29.7 Å². The van der Waals surface area contributed by atoms with Gasteiger partial charge in [0.05, 0.1) is 19.2 Å². The van der Waals surface area contributed by atoms with E-state index in [1.165, 1.54) is 0 Å². The Kier molecular flexibility index (Phi) is 7.50. The molecule has 2 rings (SSSR count). The van der Waals surface area contributed by atoms with Crippen LogP contribution in [0.25, 0.3) is 0 Å². The van der Waals surface area contributed by atoms with Crippen LogP contribution in [0.5, 0.6) is 0 Å². The van der Waals surface area contributed by atoms with E-state index in [1.54, 1.807) is 18.2 Å². The Morgan fingerprint density at radius 1 is 1.31 bits per heavy atom. The number of urea groups is 1. The largest absolute Gasteiger partial charge is 0.386 e. The lowest BCUT2D eigenvalue weighted by Gasteiger charge is -2.16. The maximum Gasteiger partial charge on any atom is 0.324 e. The van der Waals surface area contributed by atoms with Gasteiger partial charge in [0.15, 0.2) is 5.96 Å². The summed E-state index contributed by atoms with van der Waals surface area (Å²) in [6, 6.07) is 4.45. The first-order chi connectivity index (χ1) is 12.4. The van der Waals surface area contributed by atoms with Crippen molar-refractivity contribution < 1.29 is 14.7 Å². The van der Waals surface area contributed by atoms with Crippen molar-refractivity contribution in [2.24, 2.45) is 4.99 Å². The van der Waals surface area contributed by atoms with E-state index < -0.39 is 12.1 Å². The lowest BCUT2D eigenvalue weighted by molar-refractivity contribution is -0.124. The maximum atomic E-state index is 11.5. The number of amides is 3. The van der Waals surface area contributed by atoms with Crippen LogP contribution in [0.2, 0.25) is 10.0 Å². The molecule has 26 heavy (non-hydrogen) atoms. The number of nitrogens with zero attached hydrogens (tertiary/aromatic N) is 2. The smallest absolute Gasteiger partial charge is 0.324 e. The lowest BCUT2D eigenvalue weighted by atomic mass is 10.1. The number of rotatable bonds is 7. The average molecular weight is 402 g/mol. The first kappa shape index (κ1) is 20.3. The average Bonchev–Trinajstić information content (AvgIpc) is 2.90. The third-order valence-electron chi connectivity index (χ3n) is 3.60. The van der Waals surface area contributed by atoms with Gasteiger partial charge in [0.1, 0.15) is 0 Å². The van der Waals surface area contributed by atoms with Gasteiger partial charge in [-0.1, -0.05) is 23.2 Å². The van der Waals surface area contributed by atoms with Crippen LogP contribution in [0.1, 0.15) is 18.6 Å². The molecule has 1 fully saturated rings. The Hall–Kier alpha value is -2.03. The summed E-state index contributed by atoms with van der Waals surface area (Å²) in [4.78, 5) is 28.4. The fourth-order valence-corrected chi connectivity index (χ4v) is 2.90. The minimum Gasteiger partial charge on any atom is -0.386 e. The van der Waals surface area contributed by atoms with Crippen LogP contribution in [0, 0.1) is 0 Å². The Balaban J connectivity index is 1.90. The molecule has 8 nitrogen and oxygen atoms in total. The number of halogens is 2. The number of carbonyl (C=O) groups excluding carboxylic acids is 2. The van der Waals surface area contributed by atoms with E-state index in [9.17, 15) is 14.7 Å². The third-order valence-corrected chi connectivity index (χ3v) is 4.04. The fourth-order valence-electron chi connectivity index (χ4n) is 2.36. The van der Waals surface area contributed by atoms with Crippen LogP contribution >= 0.6 is 23.2 Å². The SMILES string of the molecule is CCNC(=NCC(O)c1cc(Cl)cc(Cl)c1)NCCN1C(=O)CNC1=O. The lowest BCUT2D eigenvalue weighted by Crippen LogP contribution is -2.43. The van der Waals surface area contributed by atoms with Gasteiger partial charge in [0.2, 0.25) is 5.91 Å². The first-order valence-electron chi connectivity index (χ1n) is 8.15. The number of carbonyl (C=O) groups is 2. The van der Waals surface area contributed by atoms with Crippen molar-refractivity contribution in [2.75, 3.05) is 32.7 Å². The van der Waals surface area contributed by atoms with Gasteiger partial charge in [0.25, 0.3) is 0 Å². The molecule has 1 unspecified atom stereocenters. The van der Waals surface area contributed by atoms with Crippen molar-refractivity contribution in [1.82, 2.24) is 20.9 Å². The summed E-state index contributed by atoms with van der Waals surface area (Å²) >= 11 is 11.9. The number of nitrogens with one attached hydrogen (secondary N) is 3. The second-order valence-corrected chi connectivity index (χ2v) is 6.44. The highest BCUT2D eigenvalue weighted by Gasteiger charge is 2.27. The molecule has 0 radical (unpaired) electrons. The van der Waals surface area contributed by atoms with Gasteiger partial charge in [-0.25, -0.2) is 4.79 Å². The van der Waals surface area contributed by atoms with Crippen molar-refractivity contribution in [2.45, 2.75) is 13.0 Å². The summed E-state index contributed by atoms with van der Waals surface area (Å²) in [5, 5.41) is 19.7. The van der Waals surface area contributed by atoms with Gasteiger partial charge in [-0.15, -0.1) is 0 Å². The number of aliphatic imine (C=N–C) groups is 1. The Labute approximate surface area is 161 Å². The normalized spacial score (nSPS) is 15.8. The number of aliphatic hydroxyl groups is 1. The minimum absolute atomic E-state index is 0.0291. The molecule has 10 heteroatoms. The van der Waals surface area contributed by atoms with E-state index in [4.69, 9.17) is 23.2 Å². The zero-order valence-corrected chi connectivity index (χ0v) is 15.8. The first-order valence-corrected chi connectivity index (χ1v) is 8.90. The fraction of sp³-hybridized carbons (Fsp3) is 0.438. The van der Waals surface area contributed by atoms with Crippen LogP contribution in [-0.2, 0) is 4.79 Å². The van der Waals surface area contributed by atoms with Crippen molar-refractivity contribution in [3.05, 3.63) is 33.8 Å². The van der Waals surface area contributed by atoms with Crippen LogP contribution < -0.4 is 16.0 Å². The Bertz CT molecular complexity index is 662. The number of benzene rings is 1. The molecule has 3 amide bonds. The molecule has 0 saturated carbocycles. The van der Waals surface area contributed by atoms with Gasteiger partial charge in [-0.2, -0.15) is 0 Å². The highest BCUT2D eigenvalue weighted by atomic mass is 35.5. The molecule has 0 aromatic heterocycles. The molecular weight excluding hydrogens is 381 g/mol. The summed E-state index contributed by atoms with van der Waals surface area (Å²) in [5.41, 5.74) is 0.571. The molecule has 0 bridgehead atoms. The number of imide groups is 1. The summed E-state index contributed by atoms with van der Waals surface area (Å²) in [6.45, 7) is 3.21.